The molecule has 0 amide bonds. The van der Waals surface area contributed by atoms with Crippen LogP contribution in [0.2, 0.25) is 0 Å². The summed E-state index contributed by atoms with van der Waals surface area (Å²) in [4.78, 5) is 8.49. The van der Waals surface area contributed by atoms with E-state index in [2.05, 4.69) is 21.9 Å². The van der Waals surface area contributed by atoms with E-state index in [1.54, 1.807) is 6.20 Å². The van der Waals surface area contributed by atoms with Crippen LogP contribution in [0, 0.1) is 6.92 Å². The van der Waals surface area contributed by atoms with Gasteiger partial charge in [-0.15, -0.1) is 6.58 Å². The first kappa shape index (κ1) is 12.8. The average molecular weight is 219 g/mol. The summed E-state index contributed by atoms with van der Waals surface area (Å²) in [6.07, 6.45) is 10.5. The predicted octanol–water partition coefficient (Wildman–Crippen LogP) is 2.62. The Morgan fingerprint density at radius 3 is 2.81 bits per heavy atom. The molecule has 1 heterocycles. The van der Waals surface area contributed by atoms with E-state index in [9.17, 15) is 0 Å². The third-order valence-electron chi connectivity index (χ3n) is 2.40. The molecule has 0 bridgehead atoms. The lowest BCUT2D eigenvalue weighted by molar-refractivity contribution is 0.599. The highest BCUT2D eigenvalue weighted by molar-refractivity contribution is 4.99. The molecule has 88 valence electrons. The zero-order valence-electron chi connectivity index (χ0n) is 10.1. The minimum absolute atomic E-state index is 0.814. The third-order valence-corrected chi connectivity index (χ3v) is 2.40. The van der Waals surface area contributed by atoms with Gasteiger partial charge in [-0.25, -0.2) is 0 Å². The molecule has 0 unspecified atom stereocenters. The number of rotatable bonds is 8. The quantitative estimate of drug-likeness (QED) is 0.539. The lowest BCUT2D eigenvalue weighted by Gasteiger charge is -2.03. The van der Waals surface area contributed by atoms with Crippen LogP contribution >= 0.6 is 0 Å². The summed E-state index contributed by atoms with van der Waals surface area (Å²) >= 11 is 0. The number of hydrogen-bond acceptors (Lipinski definition) is 3. The monoisotopic (exact) mass is 219 g/mol. The Labute approximate surface area is 98.0 Å². The molecule has 3 nitrogen and oxygen atoms in total. The van der Waals surface area contributed by atoms with Gasteiger partial charge in [0.15, 0.2) is 0 Å². The average Bonchev–Trinajstić information content (AvgIpc) is 2.30. The summed E-state index contributed by atoms with van der Waals surface area (Å²) in [6, 6.07) is 0. The highest BCUT2D eigenvalue weighted by Crippen LogP contribution is 1.99. The molecule has 1 aromatic heterocycles. The van der Waals surface area contributed by atoms with Crippen molar-refractivity contribution in [3.05, 3.63) is 36.4 Å². The smallest absolute Gasteiger partial charge is 0.0724 e. The van der Waals surface area contributed by atoms with Crippen LogP contribution in [0.15, 0.2) is 25.0 Å². The second-order valence-electron chi connectivity index (χ2n) is 3.96. The van der Waals surface area contributed by atoms with E-state index in [-0.39, 0.29) is 0 Å². The lowest BCUT2D eigenvalue weighted by atomic mass is 10.2. The summed E-state index contributed by atoms with van der Waals surface area (Å²) in [5.74, 6) is 0. The first-order valence-electron chi connectivity index (χ1n) is 5.92. The third kappa shape index (κ3) is 5.61. The summed E-state index contributed by atoms with van der Waals surface area (Å²) in [5, 5.41) is 3.37. The molecule has 3 heteroatoms. The van der Waals surface area contributed by atoms with Crippen LogP contribution in [-0.4, -0.2) is 16.5 Å². The normalized spacial score (nSPS) is 10.3. The van der Waals surface area contributed by atoms with Crippen molar-refractivity contribution in [3.8, 4) is 0 Å². The maximum absolute atomic E-state index is 4.29. The second-order valence-corrected chi connectivity index (χ2v) is 3.96. The van der Waals surface area contributed by atoms with E-state index in [4.69, 9.17) is 0 Å². The molecule has 1 rings (SSSR count). The van der Waals surface area contributed by atoms with E-state index in [1.165, 1.54) is 19.3 Å². The lowest BCUT2D eigenvalue weighted by Crippen LogP contribution is -2.15. The Balaban J connectivity index is 2.02. The number of aromatic nitrogens is 2. The maximum atomic E-state index is 4.29. The maximum Gasteiger partial charge on any atom is 0.0724 e. The van der Waals surface area contributed by atoms with E-state index < -0.39 is 0 Å². The van der Waals surface area contributed by atoms with E-state index in [1.807, 2.05) is 19.2 Å². The van der Waals surface area contributed by atoms with Crippen molar-refractivity contribution in [1.29, 1.82) is 0 Å². The van der Waals surface area contributed by atoms with Crippen LogP contribution < -0.4 is 5.32 Å². The number of hydrogen-bond donors (Lipinski definition) is 1. The van der Waals surface area contributed by atoms with Gasteiger partial charge in [-0.1, -0.05) is 12.5 Å². The first-order chi connectivity index (χ1) is 7.83. The molecule has 0 aromatic carbocycles. The van der Waals surface area contributed by atoms with Gasteiger partial charge in [-0.05, 0) is 32.7 Å². The van der Waals surface area contributed by atoms with Gasteiger partial charge in [0.2, 0.25) is 0 Å². The van der Waals surface area contributed by atoms with Gasteiger partial charge < -0.3 is 5.32 Å². The number of allylic oxidation sites excluding steroid dienone is 1. The second kappa shape index (κ2) is 7.99. The van der Waals surface area contributed by atoms with Crippen LogP contribution in [0.25, 0.3) is 0 Å². The van der Waals surface area contributed by atoms with Gasteiger partial charge >= 0.3 is 0 Å². The van der Waals surface area contributed by atoms with Crippen molar-refractivity contribution in [1.82, 2.24) is 15.3 Å². The molecular weight excluding hydrogens is 198 g/mol. The molecule has 0 saturated heterocycles. The van der Waals surface area contributed by atoms with Crippen LogP contribution in [0.5, 0.6) is 0 Å². The Bertz CT molecular complexity index is 293. The van der Waals surface area contributed by atoms with Crippen LogP contribution in [0.1, 0.15) is 37.1 Å². The molecule has 0 saturated carbocycles. The Morgan fingerprint density at radius 1 is 1.25 bits per heavy atom. The molecule has 0 fully saturated rings. The van der Waals surface area contributed by atoms with Gasteiger partial charge in [0.1, 0.15) is 0 Å². The van der Waals surface area contributed by atoms with Crippen molar-refractivity contribution in [2.75, 3.05) is 6.54 Å². The minimum atomic E-state index is 0.814. The highest BCUT2D eigenvalue weighted by Gasteiger charge is 1.94. The number of unbranched alkanes of at least 4 members (excludes halogenated alkanes) is 3. The fourth-order valence-corrected chi connectivity index (χ4v) is 1.44. The molecule has 16 heavy (non-hydrogen) atoms. The molecule has 0 radical (unpaired) electrons. The van der Waals surface area contributed by atoms with Crippen LogP contribution in [0.3, 0.4) is 0 Å². The molecule has 1 aromatic rings. The van der Waals surface area contributed by atoms with Crippen molar-refractivity contribution in [2.45, 2.75) is 39.2 Å². The molecule has 0 atom stereocenters. The fraction of sp³-hybridized carbons (Fsp3) is 0.538. The number of nitrogens with zero attached hydrogens (tertiary/aromatic N) is 2. The molecule has 0 aliphatic rings. The Kier molecular flexibility index (Phi) is 6.42. The molecule has 0 aliphatic heterocycles. The van der Waals surface area contributed by atoms with Gasteiger partial charge in [0.25, 0.3) is 0 Å². The first-order valence-corrected chi connectivity index (χ1v) is 5.92. The van der Waals surface area contributed by atoms with E-state index >= 15 is 0 Å². The zero-order valence-corrected chi connectivity index (χ0v) is 10.1. The Hall–Kier alpha value is -1.22. The van der Waals surface area contributed by atoms with Crippen LogP contribution in [-0.2, 0) is 6.54 Å². The molecule has 0 spiro atoms. The zero-order chi connectivity index (χ0) is 11.6. The van der Waals surface area contributed by atoms with Gasteiger partial charge in [-0.3, -0.25) is 9.97 Å². The van der Waals surface area contributed by atoms with E-state index in [0.29, 0.717) is 0 Å². The Morgan fingerprint density at radius 2 is 2.12 bits per heavy atom. The standard InChI is InChI=1S/C13H21N3/c1-3-4-5-6-7-8-14-10-13-11-15-12(2)9-16-13/h3,9,11,14H,1,4-8,10H2,2H3. The summed E-state index contributed by atoms with van der Waals surface area (Å²) in [7, 11) is 0. The number of nitrogens with one attached hydrogen (secondary N) is 1. The minimum Gasteiger partial charge on any atom is -0.311 e. The van der Waals surface area contributed by atoms with Crippen molar-refractivity contribution >= 4 is 0 Å². The highest BCUT2D eigenvalue weighted by atomic mass is 14.9. The fourth-order valence-electron chi connectivity index (χ4n) is 1.44. The van der Waals surface area contributed by atoms with Crippen LogP contribution in [0.4, 0.5) is 0 Å². The van der Waals surface area contributed by atoms with E-state index in [0.717, 1.165) is 30.9 Å². The van der Waals surface area contributed by atoms with Gasteiger partial charge in [0, 0.05) is 18.9 Å². The van der Waals surface area contributed by atoms with Gasteiger partial charge in [0.05, 0.1) is 11.4 Å². The van der Waals surface area contributed by atoms with Crippen molar-refractivity contribution in [2.24, 2.45) is 0 Å². The van der Waals surface area contributed by atoms with Crippen molar-refractivity contribution in [3.63, 3.8) is 0 Å². The molecule has 1 N–H and O–H groups in total. The molecule has 0 aliphatic carbocycles. The predicted molar refractivity (Wildman–Crippen MR) is 67.1 cm³/mol. The topological polar surface area (TPSA) is 37.8 Å². The summed E-state index contributed by atoms with van der Waals surface area (Å²) in [5.41, 5.74) is 1.98. The summed E-state index contributed by atoms with van der Waals surface area (Å²) in [6.45, 7) is 7.52. The van der Waals surface area contributed by atoms with Gasteiger partial charge in [-0.2, -0.15) is 0 Å². The van der Waals surface area contributed by atoms with Crippen molar-refractivity contribution < 1.29 is 0 Å². The summed E-state index contributed by atoms with van der Waals surface area (Å²) < 4.78 is 0. The molecular formula is C13H21N3. The number of aryl methyl sites for hydroxylation is 1. The largest absolute Gasteiger partial charge is 0.311 e. The SMILES string of the molecule is C=CCCCCCNCc1cnc(C)cn1.